The van der Waals surface area contributed by atoms with Crippen LogP contribution in [0, 0.1) is 0 Å². The molecule has 0 N–H and O–H groups in total. The van der Waals surface area contributed by atoms with E-state index in [9.17, 15) is 41.0 Å². The molecule has 3 aromatic rings. The molecule has 0 fully saturated rings. The second-order valence-corrected chi connectivity index (χ2v) is 9.46. The lowest BCUT2D eigenvalue weighted by Crippen LogP contribution is -2.44. The molecule has 3 rings (SSSR count). The van der Waals surface area contributed by atoms with Crippen LogP contribution < -0.4 is 14.7 Å². The number of ether oxygens (including phenoxy) is 1. The number of benzene rings is 3. The molecule has 202 valence electrons. The highest BCUT2D eigenvalue weighted by atomic mass is 19.4. The third kappa shape index (κ3) is 7.27. The number of nitrogens with zero attached hydrogens (tertiary/aromatic N) is 1. The van der Waals surface area contributed by atoms with Gasteiger partial charge in [-0.3, -0.25) is 4.79 Å². The minimum absolute atomic E-state index is 0.0715. The van der Waals surface area contributed by atoms with E-state index in [1.807, 2.05) is 20.8 Å². The Balaban J connectivity index is 2.08. The molecule has 0 bridgehead atoms. The number of amides is 1. The first-order valence-corrected chi connectivity index (χ1v) is 11.1. The van der Waals surface area contributed by atoms with Crippen LogP contribution in [0.3, 0.4) is 0 Å². The molecule has 0 saturated carbocycles. The number of carboxylic acids is 1. The molecule has 0 atom stereocenters. The molecule has 5 nitrogen and oxygen atoms in total. The van der Waals surface area contributed by atoms with Crippen LogP contribution in [0.25, 0.3) is 11.1 Å². The lowest BCUT2D eigenvalue weighted by atomic mass is 9.87. The van der Waals surface area contributed by atoms with Gasteiger partial charge in [0.25, 0.3) is 5.91 Å². The summed E-state index contributed by atoms with van der Waals surface area (Å²) < 4.78 is 82.4. The SMILES string of the molecule is CC(C)(C)c1ccc(CN(C(=O)C(=O)[O-])c2cc(-c3ccc(OC(F)(F)F)cc3)cc(C(F)(F)F)c2)cc1. The number of rotatable bonds is 5. The molecule has 0 aliphatic carbocycles. The molecular weight excluding hydrogens is 516 g/mol. The van der Waals surface area contributed by atoms with Gasteiger partial charge in [0.05, 0.1) is 12.1 Å². The van der Waals surface area contributed by atoms with Gasteiger partial charge < -0.3 is 19.5 Å². The van der Waals surface area contributed by atoms with Gasteiger partial charge in [-0.1, -0.05) is 57.2 Å². The second-order valence-electron chi connectivity index (χ2n) is 9.46. The number of hydrogen-bond donors (Lipinski definition) is 0. The molecule has 0 aliphatic rings. The van der Waals surface area contributed by atoms with Gasteiger partial charge in [0, 0.05) is 5.69 Å². The van der Waals surface area contributed by atoms with Crippen LogP contribution in [0.1, 0.15) is 37.5 Å². The lowest BCUT2D eigenvalue weighted by molar-refractivity contribution is -0.300. The zero-order valence-corrected chi connectivity index (χ0v) is 20.4. The average molecular weight is 538 g/mol. The van der Waals surface area contributed by atoms with Gasteiger partial charge in [-0.15, -0.1) is 13.2 Å². The fourth-order valence-electron chi connectivity index (χ4n) is 3.63. The molecule has 3 aromatic carbocycles. The van der Waals surface area contributed by atoms with Crippen molar-refractivity contribution < 1.29 is 45.8 Å². The van der Waals surface area contributed by atoms with E-state index in [1.165, 1.54) is 0 Å². The van der Waals surface area contributed by atoms with Gasteiger partial charge in [0.1, 0.15) is 11.7 Å². The van der Waals surface area contributed by atoms with Crippen LogP contribution >= 0.6 is 0 Å². The summed E-state index contributed by atoms with van der Waals surface area (Å²) in [5.74, 6) is -4.27. The van der Waals surface area contributed by atoms with Gasteiger partial charge in [0.15, 0.2) is 0 Å². The second kappa shape index (κ2) is 10.4. The van der Waals surface area contributed by atoms with Gasteiger partial charge in [-0.05, 0) is 58.0 Å². The van der Waals surface area contributed by atoms with Gasteiger partial charge in [-0.25, -0.2) is 0 Å². The van der Waals surface area contributed by atoms with Crippen LogP contribution in [0.15, 0.2) is 66.7 Å². The molecule has 0 heterocycles. The Morgan fingerprint density at radius 2 is 1.37 bits per heavy atom. The standard InChI is InChI=1S/C27H23F6NO4/c1-25(2,3)19-8-4-16(5-9-19)15-34(23(35)24(36)37)21-13-18(12-20(14-21)26(28,29)30)17-6-10-22(11-7-17)38-27(31,32)33/h4-14H,15H2,1-3H3,(H,36,37)/p-1. The summed E-state index contributed by atoms with van der Waals surface area (Å²) in [6.45, 7) is 5.54. The quantitative estimate of drug-likeness (QED) is 0.302. The Morgan fingerprint density at radius 3 is 1.84 bits per heavy atom. The zero-order valence-electron chi connectivity index (χ0n) is 20.4. The number of alkyl halides is 6. The smallest absolute Gasteiger partial charge is 0.540 e. The van der Waals surface area contributed by atoms with E-state index in [-0.39, 0.29) is 28.8 Å². The average Bonchev–Trinajstić information content (AvgIpc) is 2.80. The molecule has 1 amide bonds. The lowest BCUT2D eigenvalue weighted by Gasteiger charge is -2.26. The Morgan fingerprint density at radius 1 is 0.789 bits per heavy atom. The predicted molar refractivity (Wildman–Crippen MR) is 125 cm³/mol. The van der Waals surface area contributed by atoms with Gasteiger partial charge in [0.2, 0.25) is 0 Å². The number of carbonyl (C=O) groups is 2. The maximum Gasteiger partial charge on any atom is 0.573 e. The van der Waals surface area contributed by atoms with Crippen molar-refractivity contribution in [1.82, 2.24) is 0 Å². The highest BCUT2D eigenvalue weighted by molar-refractivity contribution is 6.36. The van der Waals surface area contributed by atoms with Crippen molar-refractivity contribution in [3.63, 3.8) is 0 Å². The first-order chi connectivity index (χ1) is 17.4. The third-order valence-corrected chi connectivity index (χ3v) is 5.56. The summed E-state index contributed by atoms with van der Waals surface area (Å²) in [5, 5.41) is 11.4. The van der Waals surface area contributed by atoms with Crippen LogP contribution in [-0.2, 0) is 27.7 Å². The van der Waals surface area contributed by atoms with Crippen molar-refractivity contribution in [2.24, 2.45) is 0 Å². The topological polar surface area (TPSA) is 69.7 Å². The Kier molecular flexibility index (Phi) is 7.81. The summed E-state index contributed by atoms with van der Waals surface area (Å²) >= 11 is 0. The molecule has 0 saturated heterocycles. The molecule has 0 aromatic heterocycles. The summed E-state index contributed by atoms with van der Waals surface area (Å²) in [6, 6.07) is 13.3. The number of carboxylic acid groups (broad SMARTS) is 1. The number of anilines is 1. The maximum atomic E-state index is 13.7. The minimum atomic E-state index is -4.96. The number of aliphatic carboxylic acids is 1. The Hall–Kier alpha value is -4.02. The first kappa shape index (κ1) is 28.5. The fourth-order valence-corrected chi connectivity index (χ4v) is 3.63. The molecule has 0 unspecified atom stereocenters. The highest BCUT2D eigenvalue weighted by Crippen LogP contribution is 2.37. The van der Waals surface area contributed by atoms with Crippen molar-refractivity contribution in [2.45, 2.75) is 45.3 Å². The van der Waals surface area contributed by atoms with Crippen LogP contribution in [-0.4, -0.2) is 18.2 Å². The molecule has 0 spiro atoms. The van der Waals surface area contributed by atoms with Crippen molar-refractivity contribution in [3.05, 3.63) is 83.4 Å². The van der Waals surface area contributed by atoms with E-state index in [0.29, 0.717) is 16.5 Å². The molecule has 0 radical (unpaired) electrons. The third-order valence-electron chi connectivity index (χ3n) is 5.56. The maximum absolute atomic E-state index is 13.7. The summed E-state index contributed by atoms with van der Waals surface area (Å²) in [4.78, 5) is 24.6. The normalized spacial score (nSPS) is 12.2. The van der Waals surface area contributed by atoms with Crippen molar-refractivity contribution in [2.75, 3.05) is 4.90 Å². The monoisotopic (exact) mass is 538 g/mol. The molecule has 38 heavy (non-hydrogen) atoms. The van der Waals surface area contributed by atoms with Gasteiger partial charge in [-0.2, -0.15) is 13.2 Å². The number of carbonyl (C=O) groups excluding carboxylic acids is 2. The van der Waals surface area contributed by atoms with Crippen LogP contribution in [0.4, 0.5) is 32.0 Å². The first-order valence-electron chi connectivity index (χ1n) is 11.1. The summed E-state index contributed by atoms with van der Waals surface area (Å²) in [6.07, 6.45) is -9.84. The van der Waals surface area contributed by atoms with Crippen molar-refractivity contribution >= 4 is 17.6 Å². The van der Waals surface area contributed by atoms with E-state index in [1.54, 1.807) is 24.3 Å². The van der Waals surface area contributed by atoms with Crippen molar-refractivity contribution in [1.29, 1.82) is 0 Å². The molecule has 11 heteroatoms. The van der Waals surface area contributed by atoms with Crippen LogP contribution in [0.5, 0.6) is 5.75 Å². The summed E-state index contributed by atoms with van der Waals surface area (Å²) in [7, 11) is 0. The van der Waals surface area contributed by atoms with Gasteiger partial charge >= 0.3 is 12.5 Å². The van der Waals surface area contributed by atoms with E-state index in [4.69, 9.17) is 0 Å². The minimum Gasteiger partial charge on any atom is -0.540 e. The zero-order chi connectivity index (χ0) is 28.5. The van der Waals surface area contributed by atoms with E-state index in [0.717, 1.165) is 42.0 Å². The Bertz CT molecular complexity index is 1310. The number of halogens is 6. The molecular formula is C27H22F6NO4-. The number of hydrogen-bond acceptors (Lipinski definition) is 4. The highest BCUT2D eigenvalue weighted by Gasteiger charge is 2.33. The van der Waals surface area contributed by atoms with Crippen LogP contribution in [0.2, 0.25) is 0 Å². The van der Waals surface area contributed by atoms with Crippen molar-refractivity contribution in [3.8, 4) is 16.9 Å². The largest absolute Gasteiger partial charge is 0.573 e. The molecule has 0 aliphatic heterocycles. The Labute approximate surface area is 214 Å². The predicted octanol–water partition coefficient (Wildman–Crippen LogP) is 5.85. The summed E-state index contributed by atoms with van der Waals surface area (Å²) in [5.41, 5.74) is -0.442. The fraction of sp³-hybridized carbons (Fsp3) is 0.259. The van der Waals surface area contributed by atoms with E-state index in [2.05, 4.69) is 4.74 Å². The van der Waals surface area contributed by atoms with E-state index < -0.39 is 35.7 Å². The van der Waals surface area contributed by atoms with E-state index >= 15 is 0 Å².